The molecule has 3 heteroatoms. The number of hydrogen-bond donors (Lipinski definition) is 0. The minimum absolute atomic E-state index is 0.127. The number of anilines is 1. The fourth-order valence-electron chi connectivity index (χ4n) is 4.61. The highest BCUT2D eigenvalue weighted by Gasteiger charge is 2.53. The van der Waals surface area contributed by atoms with Crippen molar-refractivity contribution in [3.63, 3.8) is 0 Å². The highest BCUT2D eigenvalue weighted by Crippen LogP contribution is 2.55. The van der Waals surface area contributed by atoms with Gasteiger partial charge in [-0.25, -0.2) is 4.98 Å². The zero-order valence-electron chi connectivity index (χ0n) is 13.1. The molecule has 0 bridgehead atoms. The summed E-state index contributed by atoms with van der Waals surface area (Å²) in [6.45, 7) is 4.56. The van der Waals surface area contributed by atoms with Crippen molar-refractivity contribution in [1.82, 2.24) is 9.55 Å². The van der Waals surface area contributed by atoms with Gasteiger partial charge in [0.1, 0.15) is 0 Å². The van der Waals surface area contributed by atoms with Crippen LogP contribution >= 0.6 is 0 Å². The van der Waals surface area contributed by atoms with Crippen LogP contribution in [0.15, 0.2) is 30.6 Å². The third-order valence-corrected chi connectivity index (χ3v) is 5.47. The molecule has 0 saturated heterocycles. The van der Waals surface area contributed by atoms with Crippen LogP contribution in [0, 0.1) is 6.92 Å². The molecule has 2 aromatic rings. The first kappa shape index (κ1) is 12.9. The van der Waals surface area contributed by atoms with Crippen molar-refractivity contribution in [2.24, 2.45) is 7.05 Å². The second-order valence-corrected chi connectivity index (χ2v) is 6.66. The van der Waals surface area contributed by atoms with Crippen LogP contribution in [-0.4, -0.2) is 9.55 Å². The molecule has 4 rings (SSSR count). The van der Waals surface area contributed by atoms with Gasteiger partial charge < -0.3 is 9.47 Å². The van der Waals surface area contributed by atoms with E-state index in [2.05, 4.69) is 54.6 Å². The minimum atomic E-state index is 0.127. The fourth-order valence-corrected chi connectivity index (χ4v) is 4.61. The van der Waals surface area contributed by atoms with Crippen LogP contribution in [0.1, 0.15) is 55.6 Å². The quantitative estimate of drug-likeness (QED) is 0.785. The van der Waals surface area contributed by atoms with Gasteiger partial charge in [0.15, 0.2) is 0 Å². The molecule has 110 valence electrons. The van der Waals surface area contributed by atoms with E-state index in [4.69, 9.17) is 4.98 Å². The van der Waals surface area contributed by atoms with Gasteiger partial charge in [-0.2, -0.15) is 0 Å². The van der Waals surface area contributed by atoms with E-state index in [0.717, 1.165) is 0 Å². The van der Waals surface area contributed by atoms with E-state index >= 15 is 0 Å². The summed E-state index contributed by atoms with van der Waals surface area (Å²) in [6, 6.07) is 9.19. The monoisotopic (exact) mass is 281 g/mol. The van der Waals surface area contributed by atoms with Crippen molar-refractivity contribution >= 4 is 5.69 Å². The van der Waals surface area contributed by atoms with Crippen LogP contribution in [-0.2, 0) is 12.6 Å². The van der Waals surface area contributed by atoms with Crippen molar-refractivity contribution in [3.05, 3.63) is 47.5 Å². The lowest BCUT2D eigenvalue weighted by Gasteiger charge is -2.40. The molecule has 1 aromatic carbocycles. The molecule has 1 aliphatic heterocycles. The predicted molar refractivity (Wildman–Crippen MR) is 85.4 cm³/mol. The average Bonchev–Trinajstić information content (AvgIpc) is 3.13. The Balaban J connectivity index is 1.93. The predicted octanol–water partition coefficient (Wildman–Crippen LogP) is 4.08. The summed E-state index contributed by atoms with van der Waals surface area (Å²) in [7, 11) is 2.13. The molecule has 21 heavy (non-hydrogen) atoms. The van der Waals surface area contributed by atoms with E-state index in [-0.39, 0.29) is 5.54 Å². The molecule has 2 aliphatic rings. The molecule has 1 aromatic heterocycles. The summed E-state index contributed by atoms with van der Waals surface area (Å²) in [5, 5.41) is 0. The summed E-state index contributed by atoms with van der Waals surface area (Å²) in [5.74, 6) is 0. The Morgan fingerprint density at radius 3 is 2.62 bits per heavy atom. The third kappa shape index (κ3) is 1.57. The highest BCUT2D eigenvalue weighted by atomic mass is 15.3. The van der Waals surface area contributed by atoms with Gasteiger partial charge in [-0.3, -0.25) is 0 Å². The van der Waals surface area contributed by atoms with Crippen LogP contribution in [0.25, 0.3) is 0 Å². The summed E-state index contributed by atoms with van der Waals surface area (Å²) in [6.07, 6.45) is 7.08. The van der Waals surface area contributed by atoms with Crippen molar-refractivity contribution in [1.29, 1.82) is 0 Å². The maximum Gasteiger partial charge on any atom is 0.0950 e. The maximum atomic E-state index is 4.81. The minimum Gasteiger partial charge on any atom is -0.352 e. The van der Waals surface area contributed by atoms with Crippen molar-refractivity contribution < 1.29 is 0 Å². The molecule has 0 amide bonds. The van der Waals surface area contributed by atoms with Gasteiger partial charge in [0.2, 0.25) is 0 Å². The standard InChI is InChI=1S/C18H23N3/c1-13-8-4-5-9-15(13)21-14(2)16-17(19-12-20(16)3)18(21)10-6-7-11-18/h4-5,8-9,12,14H,6-7,10-11H2,1-3H3. The Labute approximate surface area is 126 Å². The zero-order chi connectivity index (χ0) is 14.6. The molecule has 0 N–H and O–H groups in total. The van der Waals surface area contributed by atoms with E-state index in [1.54, 1.807) is 0 Å². The largest absolute Gasteiger partial charge is 0.352 e. The summed E-state index contributed by atoms with van der Waals surface area (Å²) in [5.41, 5.74) is 5.61. The second-order valence-electron chi connectivity index (χ2n) is 6.66. The highest BCUT2D eigenvalue weighted by molar-refractivity contribution is 5.61. The Bertz CT molecular complexity index is 680. The first-order chi connectivity index (χ1) is 10.1. The molecule has 1 aliphatic carbocycles. The fraction of sp³-hybridized carbons (Fsp3) is 0.500. The SMILES string of the molecule is Cc1ccccc1N1C(C)c2c(ncn2C)C12CCCC2. The first-order valence-electron chi connectivity index (χ1n) is 8.02. The Morgan fingerprint density at radius 1 is 1.19 bits per heavy atom. The van der Waals surface area contributed by atoms with E-state index in [1.807, 2.05) is 6.33 Å². The van der Waals surface area contributed by atoms with Gasteiger partial charge in [0.25, 0.3) is 0 Å². The van der Waals surface area contributed by atoms with Crippen molar-refractivity contribution in [2.45, 2.75) is 51.1 Å². The van der Waals surface area contributed by atoms with Crippen LogP contribution in [0.5, 0.6) is 0 Å². The van der Waals surface area contributed by atoms with Crippen LogP contribution in [0.3, 0.4) is 0 Å². The van der Waals surface area contributed by atoms with Gasteiger partial charge in [-0.05, 0) is 38.3 Å². The third-order valence-electron chi connectivity index (χ3n) is 5.47. The molecule has 1 fully saturated rings. The zero-order valence-corrected chi connectivity index (χ0v) is 13.1. The first-order valence-corrected chi connectivity index (χ1v) is 8.02. The molecular formula is C18H23N3. The van der Waals surface area contributed by atoms with Gasteiger partial charge in [0.05, 0.1) is 29.3 Å². The smallest absolute Gasteiger partial charge is 0.0950 e. The number of para-hydroxylation sites is 1. The number of hydrogen-bond acceptors (Lipinski definition) is 2. The number of aromatic nitrogens is 2. The van der Waals surface area contributed by atoms with E-state index < -0.39 is 0 Å². The number of aryl methyl sites for hydroxylation is 2. The van der Waals surface area contributed by atoms with Crippen LogP contribution in [0.4, 0.5) is 5.69 Å². The Kier molecular flexibility index (Phi) is 2.69. The lowest BCUT2D eigenvalue weighted by atomic mass is 9.92. The van der Waals surface area contributed by atoms with Gasteiger partial charge >= 0.3 is 0 Å². The van der Waals surface area contributed by atoms with Crippen molar-refractivity contribution in [2.75, 3.05) is 4.90 Å². The molecule has 1 saturated carbocycles. The van der Waals surface area contributed by atoms with E-state index in [1.165, 1.54) is 48.3 Å². The van der Waals surface area contributed by atoms with Crippen molar-refractivity contribution in [3.8, 4) is 0 Å². The van der Waals surface area contributed by atoms with Gasteiger partial charge in [0, 0.05) is 12.7 Å². The van der Waals surface area contributed by atoms with E-state index in [0.29, 0.717) is 6.04 Å². The van der Waals surface area contributed by atoms with Gasteiger partial charge in [-0.1, -0.05) is 31.0 Å². The molecule has 1 spiro atoms. The number of imidazole rings is 1. The Hall–Kier alpha value is -1.77. The molecule has 0 radical (unpaired) electrons. The number of benzene rings is 1. The molecule has 3 nitrogen and oxygen atoms in total. The van der Waals surface area contributed by atoms with Crippen LogP contribution < -0.4 is 4.90 Å². The number of rotatable bonds is 1. The van der Waals surface area contributed by atoms with E-state index in [9.17, 15) is 0 Å². The molecule has 1 unspecified atom stereocenters. The summed E-state index contributed by atoms with van der Waals surface area (Å²) in [4.78, 5) is 7.47. The second kappa shape index (κ2) is 4.36. The topological polar surface area (TPSA) is 21.1 Å². The molecule has 1 atom stereocenters. The molecular weight excluding hydrogens is 258 g/mol. The summed E-state index contributed by atoms with van der Waals surface area (Å²) < 4.78 is 2.22. The lowest BCUT2D eigenvalue weighted by molar-refractivity contribution is 0.405. The molecule has 2 heterocycles. The summed E-state index contributed by atoms with van der Waals surface area (Å²) >= 11 is 0. The Morgan fingerprint density at radius 2 is 1.90 bits per heavy atom. The lowest BCUT2D eigenvalue weighted by Crippen LogP contribution is -2.41. The average molecular weight is 281 g/mol. The normalized spacial score (nSPS) is 23.0. The number of fused-ring (bicyclic) bond motifs is 2. The van der Waals surface area contributed by atoms with Crippen LogP contribution in [0.2, 0.25) is 0 Å². The maximum absolute atomic E-state index is 4.81. The number of nitrogens with zero attached hydrogens (tertiary/aromatic N) is 3. The van der Waals surface area contributed by atoms with Gasteiger partial charge in [-0.15, -0.1) is 0 Å².